The van der Waals surface area contributed by atoms with Crippen molar-refractivity contribution in [2.75, 3.05) is 6.61 Å². The molecule has 15 atom stereocenters. The summed E-state index contributed by atoms with van der Waals surface area (Å²) in [4.78, 5) is 0. The molecule has 6 aliphatic rings. The first-order chi connectivity index (χ1) is 20.9. The van der Waals surface area contributed by atoms with Crippen LogP contribution in [-0.2, 0) is 9.47 Å². The van der Waals surface area contributed by atoms with E-state index >= 15 is 0 Å². The Bertz CT molecular complexity index is 1220. The Morgan fingerprint density at radius 3 is 2.13 bits per heavy atom. The summed E-state index contributed by atoms with van der Waals surface area (Å²) >= 11 is 0. The summed E-state index contributed by atoms with van der Waals surface area (Å²) in [5.41, 5.74) is 0.292. The summed E-state index contributed by atoms with van der Waals surface area (Å²) < 4.78 is 13.0. The van der Waals surface area contributed by atoms with Gasteiger partial charge in [0.05, 0.1) is 24.4 Å². The lowest BCUT2D eigenvalue weighted by Crippen LogP contribution is -2.70. The molecule has 6 rings (SSSR count). The van der Waals surface area contributed by atoms with Crippen molar-refractivity contribution in [2.24, 2.45) is 44.8 Å². The number of ether oxygens (including phenoxy) is 2. The Morgan fingerprint density at radius 2 is 1.49 bits per heavy atom. The molecule has 1 aliphatic heterocycles. The van der Waals surface area contributed by atoms with Gasteiger partial charge in [-0.2, -0.15) is 0 Å². The third-order valence-corrected chi connectivity index (χ3v) is 15.3. The maximum atomic E-state index is 12.1. The fraction of sp³-hybridized carbons (Fsp3) is 0.892. The van der Waals surface area contributed by atoms with Crippen LogP contribution in [0.3, 0.4) is 0 Å². The van der Waals surface area contributed by atoms with Gasteiger partial charge in [-0.3, -0.25) is 0 Å². The highest BCUT2D eigenvalue weighted by molar-refractivity contribution is 5.38. The summed E-state index contributed by atoms with van der Waals surface area (Å²) in [6.07, 6.45) is 3.44. The van der Waals surface area contributed by atoms with Crippen LogP contribution in [-0.4, -0.2) is 85.8 Å². The molecule has 1 saturated heterocycles. The van der Waals surface area contributed by atoms with Crippen molar-refractivity contribution in [3.8, 4) is 0 Å². The molecule has 0 bridgehead atoms. The molecule has 45 heavy (non-hydrogen) atoms. The molecule has 1 spiro atoms. The molecule has 6 N–H and O–H groups in total. The van der Waals surface area contributed by atoms with E-state index in [2.05, 4.69) is 67.5 Å². The van der Waals surface area contributed by atoms with Gasteiger partial charge in [-0.15, -0.1) is 0 Å². The van der Waals surface area contributed by atoms with Gasteiger partial charge in [0.2, 0.25) is 0 Å². The molecule has 5 aliphatic carbocycles. The molecule has 0 aromatic heterocycles. The summed E-state index contributed by atoms with van der Waals surface area (Å²) in [7, 11) is 0. The molecule has 8 nitrogen and oxygen atoms in total. The van der Waals surface area contributed by atoms with Crippen molar-refractivity contribution in [2.45, 2.75) is 155 Å². The number of fused-ring (bicyclic) bond motifs is 4. The van der Waals surface area contributed by atoms with E-state index in [9.17, 15) is 30.6 Å². The summed E-state index contributed by atoms with van der Waals surface area (Å²) in [5, 5.41) is 65.9. The SMILES string of the molecule is CC(C)=CC/C=C(/C)[C@H]1CC[C@]2(C)[C@@H]1[C@H](O)C[C@@H]1[C@@]3(C)CC[C@H](O)C(C)(C)[C@@]34C[C@]4(O[C@@H]3O[C@H](CO)[C@@H](O)[C@H](O)[C@H]3O)C[C@]12C. The fourth-order valence-corrected chi connectivity index (χ4v) is 12.9. The average Bonchev–Trinajstić information content (AvgIpc) is 3.49. The summed E-state index contributed by atoms with van der Waals surface area (Å²) in [5.74, 6) is 0.623. The van der Waals surface area contributed by atoms with Crippen LogP contribution in [0.4, 0.5) is 0 Å². The molecule has 8 heteroatoms. The lowest BCUT2D eigenvalue weighted by molar-refractivity contribution is -0.347. The number of allylic oxidation sites excluding steroid dienone is 4. The van der Waals surface area contributed by atoms with Crippen LogP contribution in [0.2, 0.25) is 0 Å². The molecule has 0 unspecified atom stereocenters. The topological polar surface area (TPSA) is 140 Å². The van der Waals surface area contributed by atoms with Gasteiger partial charge < -0.3 is 40.1 Å². The van der Waals surface area contributed by atoms with Gasteiger partial charge in [0.25, 0.3) is 0 Å². The minimum atomic E-state index is -1.52. The van der Waals surface area contributed by atoms with E-state index in [4.69, 9.17) is 9.47 Å². The maximum absolute atomic E-state index is 12.1. The second-order valence-electron chi connectivity index (χ2n) is 17.6. The van der Waals surface area contributed by atoms with Crippen molar-refractivity contribution >= 4 is 0 Å². The van der Waals surface area contributed by atoms with E-state index in [0.29, 0.717) is 25.2 Å². The minimum Gasteiger partial charge on any atom is -0.394 e. The van der Waals surface area contributed by atoms with Crippen LogP contribution >= 0.6 is 0 Å². The fourth-order valence-electron chi connectivity index (χ4n) is 12.9. The molecule has 0 aromatic carbocycles. The normalized spacial score (nSPS) is 55.2. The Kier molecular flexibility index (Phi) is 8.19. The van der Waals surface area contributed by atoms with Crippen LogP contribution in [0.5, 0.6) is 0 Å². The largest absolute Gasteiger partial charge is 0.394 e. The van der Waals surface area contributed by atoms with E-state index in [1.165, 1.54) is 11.1 Å². The van der Waals surface area contributed by atoms with E-state index < -0.39 is 66.0 Å². The maximum Gasteiger partial charge on any atom is 0.187 e. The predicted molar refractivity (Wildman–Crippen MR) is 171 cm³/mol. The van der Waals surface area contributed by atoms with Gasteiger partial charge >= 0.3 is 0 Å². The van der Waals surface area contributed by atoms with Gasteiger partial charge in [0.1, 0.15) is 24.4 Å². The van der Waals surface area contributed by atoms with Gasteiger partial charge in [-0.25, -0.2) is 0 Å². The third kappa shape index (κ3) is 4.32. The van der Waals surface area contributed by atoms with Crippen LogP contribution < -0.4 is 0 Å². The molecular weight excluding hydrogens is 572 g/mol. The van der Waals surface area contributed by atoms with Crippen molar-refractivity contribution in [1.82, 2.24) is 0 Å². The van der Waals surface area contributed by atoms with Gasteiger partial charge in [-0.05, 0) is 112 Å². The zero-order chi connectivity index (χ0) is 33.1. The predicted octanol–water partition coefficient (Wildman–Crippen LogP) is 4.24. The van der Waals surface area contributed by atoms with Crippen molar-refractivity contribution in [1.29, 1.82) is 0 Å². The van der Waals surface area contributed by atoms with Crippen molar-refractivity contribution in [3.63, 3.8) is 0 Å². The Labute approximate surface area is 269 Å². The van der Waals surface area contributed by atoms with E-state index in [1.54, 1.807) is 0 Å². The van der Waals surface area contributed by atoms with E-state index in [-0.39, 0.29) is 28.1 Å². The van der Waals surface area contributed by atoms with Crippen LogP contribution in [0.1, 0.15) is 107 Å². The van der Waals surface area contributed by atoms with E-state index in [0.717, 1.165) is 32.1 Å². The smallest absolute Gasteiger partial charge is 0.187 e. The Hall–Kier alpha value is -0.840. The second-order valence-corrected chi connectivity index (χ2v) is 17.6. The molecule has 1 heterocycles. The number of hydrogen-bond donors (Lipinski definition) is 6. The molecule has 0 aromatic rings. The van der Waals surface area contributed by atoms with Crippen LogP contribution in [0.25, 0.3) is 0 Å². The second kappa shape index (κ2) is 10.8. The molecule has 256 valence electrons. The lowest BCUT2D eigenvalue weighted by atomic mass is 9.34. The first-order valence-electron chi connectivity index (χ1n) is 17.5. The van der Waals surface area contributed by atoms with Gasteiger partial charge in [-0.1, -0.05) is 57.9 Å². The zero-order valence-electron chi connectivity index (χ0n) is 28.8. The van der Waals surface area contributed by atoms with Crippen molar-refractivity contribution < 1.29 is 40.1 Å². The molecule has 6 fully saturated rings. The first kappa shape index (κ1) is 34.0. The molecule has 5 saturated carbocycles. The third-order valence-electron chi connectivity index (χ3n) is 15.3. The average molecular weight is 633 g/mol. The molecule has 0 radical (unpaired) electrons. The molecule has 0 amide bonds. The van der Waals surface area contributed by atoms with Crippen LogP contribution in [0, 0.1) is 44.8 Å². The zero-order valence-corrected chi connectivity index (χ0v) is 28.8. The quantitative estimate of drug-likeness (QED) is 0.189. The summed E-state index contributed by atoms with van der Waals surface area (Å²) in [6.45, 7) is 17.5. The Balaban J connectivity index is 1.43. The van der Waals surface area contributed by atoms with E-state index in [1.807, 2.05) is 0 Å². The summed E-state index contributed by atoms with van der Waals surface area (Å²) in [6, 6.07) is 0. The monoisotopic (exact) mass is 632 g/mol. The standard InChI is InChI=1S/C37H60O8/c1-20(2)10-9-11-21(3)22-12-14-34(7)27(22)23(39)16-25-33(6)15-13-26(40)32(4,5)37(33)19-36(37,18-35(25,34)8)45-31-30(43)29(42)28(41)24(17-38)44-31/h10-11,22-31,38-43H,9,12-19H2,1-8H3/b21-11-/t22-,23-,24-,25-,26+,27+,28-,29+,30-,31+,33-,34-,35-,36-,37+/m1/s1. The van der Waals surface area contributed by atoms with Crippen molar-refractivity contribution in [3.05, 3.63) is 23.3 Å². The number of aliphatic hydroxyl groups is 6. The first-order valence-corrected chi connectivity index (χ1v) is 17.5. The number of hydrogen-bond acceptors (Lipinski definition) is 8. The number of rotatable bonds is 6. The Morgan fingerprint density at radius 1 is 0.822 bits per heavy atom. The molecular formula is C37H60O8. The highest BCUT2D eigenvalue weighted by atomic mass is 16.7. The number of aliphatic hydroxyl groups excluding tert-OH is 6. The van der Waals surface area contributed by atoms with Crippen LogP contribution in [0.15, 0.2) is 23.3 Å². The minimum absolute atomic E-state index is 0.114. The van der Waals surface area contributed by atoms with Gasteiger partial charge in [0.15, 0.2) is 6.29 Å². The lowest BCUT2D eigenvalue weighted by Gasteiger charge is -2.71. The van der Waals surface area contributed by atoms with Gasteiger partial charge in [0, 0.05) is 5.41 Å². The highest BCUT2D eigenvalue weighted by Crippen LogP contribution is 2.90. The highest BCUT2D eigenvalue weighted by Gasteiger charge is 2.90.